The van der Waals surface area contributed by atoms with Crippen molar-refractivity contribution in [2.45, 2.75) is 6.10 Å². The molecule has 3 rings (SSSR count). The lowest BCUT2D eigenvalue weighted by Crippen LogP contribution is -2.50. The number of nitro benzene ring substituents is 1. The van der Waals surface area contributed by atoms with Crippen molar-refractivity contribution in [3.63, 3.8) is 0 Å². The first-order valence-electron chi connectivity index (χ1n) is 7.06. The lowest BCUT2D eigenvalue weighted by molar-refractivity contribution is -0.384. The van der Waals surface area contributed by atoms with Crippen molar-refractivity contribution >= 4 is 11.7 Å². The van der Waals surface area contributed by atoms with Gasteiger partial charge < -0.3 is 14.8 Å². The highest BCUT2D eigenvalue weighted by atomic mass is 16.6. The van der Waals surface area contributed by atoms with Crippen molar-refractivity contribution < 1.29 is 19.2 Å². The van der Waals surface area contributed by atoms with E-state index in [1.165, 1.54) is 24.3 Å². The van der Waals surface area contributed by atoms with Gasteiger partial charge in [0.05, 0.1) is 10.5 Å². The van der Waals surface area contributed by atoms with Crippen LogP contribution >= 0.6 is 0 Å². The van der Waals surface area contributed by atoms with Gasteiger partial charge in [-0.3, -0.25) is 10.1 Å². The molecular formula is C16H14N2O5. The van der Waals surface area contributed by atoms with Crippen LogP contribution in [-0.2, 0) is 0 Å². The third kappa shape index (κ3) is 3.64. The summed E-state index contributed by atoms with van der Waals surface area (Å²) in [6, 6.07) is 12.0. The number of esters is 1. The highest BCUT2D eigenvalue weighted by molar-refractivity contribution is 5.91. The van der Waals surface area contributed by atoms with Gasteiger partial charge in [-0.15, -0.1) is 0 Å². The van der Waals surface area contributed by atoms with Crippen molar-refractivity contribution in [2.75, 3.05) is 13.1 Å². The topological polar surface area (TPSA) is 90.7 Å². The smallest absolute Gasteiger partial charge is 0.343 e. The Morgan fingerprint density at radius 2 is 1.65 bits per heavy atom. The monoisotopic (exact) mass is 314 g/mol. The SMILES string of the molecule is O=C(Oc1ccc([N+](=O)[O-])cc1)c1ccc(OC2CNC2)cc1. The van der Waals surface area contributed by atoms with E-state index in [-0.39, 0.29) is 17.5 Å². The molecule has 0 saturated carbocycles. The van der Waals surface area contributed by atoms with Crippen molar-refractivity contribution in [3.05, 3.63) is 64.2 Å². The van der Waals surface area contributed by atoms with E-state index >= 15 is 0 Å². The number of carbonyl (C=O) groups excluding carboxylic acids is 1. The van der Waals surface area contributed by atoms with Gasteiger partial charge in [0, 0.05) is 25.2 Å². The number of nitrogens with zero attached hydrogens (tertiary/aromatic N) is 1. The van der Waals surface area contributed by atoms with Gasteiger partial charge in [-0.2, -0.15) is 0 Å². The van der Waals surface area contributed by atoms with Gasteiger partial charge in [0.15, 0.2) is 0 Å². The molecule has 0 spiro atoms. The number of hydrogen-bond acceptors (Lipinski definition) is 6. The van der Waals surface area contributed by atoms with Crippen LogP contribution in [0.3, 0.4) is 0 Å². The van der Waals surface area contributed by atoms with Crippen LogP contribution in [0.4, 0.5) is 5.69 Å². The van der Waals surface area contributed by atoms with E-state index in [1.807, 2.05) is 0 Å². The van der Waals surface area contributed by atoms with Crippen LogP contribution in [0.25, 0.3) is 0 Å². The molecule has 1 fully saturated rings. The Labute approximate surface area is 132 Å². The van der Waals surface area contributed by atoms with E-state index in [1.54, 1.807) is 24.3 Å². The molecule has 23 heavy (non-hydrogen) atoms. The Hall–Kier alpha value is -2.93. The summed E-state index contributed by atoms with van der Waals surface area (Å²) in [6.07, 6.45) is 0.174. The minimum absolute atomic E-state index is 0.0585. The van der Waals surface area contributed by atoms with Gasteiger partial charge in [0.1, 0.15) is 17.6 Å². The number of nitrogens with one attached hydrogen (secondary N) is 1. The number of rotatable bonds is 5. The average Bonchev–Trinajstić information content (AvgIpc) is 2.52. The van der Waals surface area contributed by atoms with Gasteiger partial charge in [0.2, 0.25) is 0 Å². The Balaban J connectivity index is 1.61. The highest BCUT2D eigenvalue weighted by Gasteiger charge is 2.18. The van der Waals surface area contributed by atoms with Crippen molar-refractivity contribution in [1.82, 2.24) is 5.32 Å². The number of benzene rings is 2. The second kappa shape index (κ2) is 6.45. The number of carbonyl (C=O) groups is 1. The van der Waals surface area contributed by atoms with Gasteiger partial charge in [0.25, 0.3) is 5.69 Å². The minimum atomic E-state index is -0.532. The molecule has 7 heteroatoms. The Morgan fingerprint density at radius 1 is 1.04 bits per heavy atom. The zero-order valence-corrected chi connectivity index (χ0v) is 12.1. The van der Waals surface area contributed by atoms with Crippen LogP contribution in [0, 0.1) is 10.1 Å². The molecule has 0 amide bonds. The first-order valence-corrected chi connectivity index (χ1v) is 7.06. The van der Waals surface area contributed by atoms with Crippen molar-refractivity contribution in [3.8, 4) is 11.5 Å². The van der Waals surface area contributed by atoms with E-state index in [0.29, 0.717) is 11.3 Å². The van der Waals surface area contributed by atoms with E-state index in [4.69, 9.17) is 9.47 Å². The van der Waals surface area contributed by atoms with E-state index in [0.717, 1.165) is 13.1 Å². The molecule has 1 heterocycles. The Morgan fingerprint density at radius 3 is 2.17 bits per heavy atom. The molecule has 0 radical (unpaired) electrons. The predicted molar refractivity (Wildman–Crippen MR) is 81.8 cm³/mol. The summed E-state index contributed by atoms with van der Waals surface area (Å²) in [4.78, 5) is 22.1. The first kappa shape index (κ1) is 15.0. The Bertz CT molecular complexity index is 708. The molecule has 2 aromatic carbocycles. The molecule has 2 aromatic rings. The van der Waals surface area contributed by atoms with Gasteiger partial charge in [-0.25, -0.2) is 4.79 Å². The molecule has 7 nitrogen and oxygen atoms in total. The van der Waals surface area contributed by atoms with Crippen LogP contribution in [0.5, 0.6) is 11.5 Å². The Kier molecular flexibility index (Phi) is 4.20. The lowest BCUT2D eigenvalue weighted by atomic mass is 10.2. The van der Waals surface area contributed by atoms with Crippen molar-refractivity contribution in [2.24, 2.45) is 0 Å². The summed E-state index contributed by atoms with van der Waals surface area (Å²) < 4.78 is 10.8. The molecule has 1 saturated heterocycles. The summed E-state index contributed by atoms with van der Waals surface area (Å²) >= 11 is 0. The van der Waals surface area contributed by atoms with Crippen molar-refractivity contribution in [1.29, 1.82) is 0 Å². The van der Waals surface area contributed by atoms with Crippen LogP contribution < -0.4 is 14.8 Å². The number of ether oxygens (including phenoxy) is 2. The summed E-state index contributed by atoms with van der Waals surface area (Å²) in [5.41, 5.74) is 0.319. The highest BCUT2D eigenvalue weighted by Crippen LogP contribution is 2.20. The fourth-order valence-corrected chi connectivity index (χ4v) is 2.01. The molecule has 1 N–H and O–H groups in total. The molecule has 0 bridgehead atoms. The molecular weight excluding hydrogens is 300 g/mol. The number of hydrogen-bond donors (Lipinski definition) is 1. The zero-order chi connectivity index (χ0) is 16.2. The van der Waals surface area contributed by atoms with Crippen LogP contribution in [0.15, 0.2) is 48.5 Å². The van der Waals surface area contributed by atoms with Gasteiger partial charge in [-0.1, -0.05) is 0 Å². The van der Waals surface area contributed by atoms with Crippen LogP contribution in [0.1, 0.15) is 10.4 Å². The summed E-state index contributed by atoms with van der Waals surface area (Å²) in [7, 11) is 0. The van der Waals surface area contributed by atoms with E-state index < -0.39 is 10.9 Å². The van der Waals surface area contributed by atoms with Crippen LogP contribution in [-0.4, -0.2) is 30.1 Å². The predicted octanol–water partition coefficient (Wildman–Crippen LogP) is 2.16. The van der Waals surface area contributed by atoms with Gasteiger partial charge in [-0.05, 0) is 36.4 Å². The second-order valence-corrected chi connectivity index (χ2v) is 5.06. The fourth-order valence-electron chi connectivity index (χ4n) is 2.01. The third-order valence-electron chi connectivity index (χ3n) is 3.39. The van der Waals surface area contributed by atoms with E-state index in [2.05, 4.69) is 5.32 Å². The molecule has 0 aromatic heterocycles. The minimum Gasteiger partial charge on any atom is -0.488 e. The second-order valence-electron chi connectivity index (χ2n) is 5.06. The molecule has 1 aliphatic heterocycles. The third-order valence-corrected chi connectivity index (χ3v) is 3.39. The summed E-state index contributed by atoms with van der Waals surface area (Å²) in [5, 5.41) is 13.7. The summed E-state index contributed by atoms with van der Waals surface area (Å²) in [5.74, 6) is 0.417. The quantitative estimate of drug-likeness (QED) is 0.393. The standard InChI is InChI=1S/C16H14N2O5/c19-16(23-14-7-3-12(4-8-14)18(20)21)11-1-5-13(6-2-11)22-15-9-17-10-15/h1-8,15,17H,9-10H2. The van der Waals surface area contributed by atoms with Gasteiger partial charge >= 0.3 is 5.97 Å². The zero-order valence-electron chi connectivity index (χ0n) is 12.1. The number of non-ortho nitro benzene ring substituents is 1. The maximum atomic E-state index is 12.0. The fraction of sp³-hybridized carbons (Fsp3) is 0.188. The molecule has 0 aliphatic carbocycles. The maximum absolute atomic E-state index is 12.0. The normalized spacial score (nSPS) is 13.9. The maximum Gasteiger partial charge on any atom is 0.343 e. The number of nitro groups is 1. The largest absolute Gasteiger partial charge is 0.488 e. The molecule has 0 atom stereocenters. The first-order chi connectivity index (χ1) is 11.1. The van der Waals surface area contributed by atoms with Crippen LogP contribution in [0.2, 0.25) is 0 Å². The molecule has 1 aliphatic rings. The average molecular weight is 314 g/mol. The molecule has 0 unspecified atom stereocenters. The van der Waals surface area contributed by atoms with E-state index in [9.17, 15) is 14.9 Å². The summed E-state index contributed by atoms with van der Waals surface area (Å²) in [6.45, 7) is 1.65. The lowest BCUT2D eigenvalue weighted by Gasteiger charge is -2.27. The molecule has 118 valence electrons.